The fourth-order valence-electron chi connectivity index (χ4n) is 0.821. The fourth-order valence-corrected chi connectivity index (χ4v) is 0.821. The summed E-state index contributed by atoms with van der Waals surface area (Å²) >= 11 is 0. The predicted molar refractivity (Wildman–Crippen MR) is 80.8 cm³/mol. The van der Waals surface area contributed by atoms with Crippen molar-refractivity contribution < 1.29 is 14.3 Å². The largest absolute Gasteiger partial charge is 0.463 e. The number of urea groups is 1. The van der Waals surface area contributed by atoms with Crippen LogP contribution in [0.5, 0.6) is 0 Å². The molecule has 6 nitrogen and oxygen atoms in total. The van der Waals surface area contributed by atoms with E-state index < -0.39 is 6.03 Å². The number of nitrogens with two attached hydrogens (primary N) is 3. The maximum absolute atomic E-state index is 10.4. The van der Waals surface area contributed by atoms with Crippen molar-refractivity contribution in [2.24, 2.45) is 11.5 Å². The van der Waals surface area contributed by atoms with Crippen LogP contribution in [0.25, 0.3) is 0 Å². The summed E-state index contributed by atoms with van der Waals surface area (Å²) in [6.07, 6.45) is 0. The molecule has 0 atom stereocenters. The van der Waals surface area contributed by atoms with Gasteiger partial charge in [-0.25, -0.2) is 9.59 Å². The number of hydrogen-bond donors (Lipinski definition) is 3. The Morgan fingerprint density at radius 1 is 1.20 bits per heavy atom. The van der Waals surface area contributed by atoms with Gasteiger partial charge < -0.3 is 21.9 Å². The SMILES string of the molecule is C=C(C)C(=O)OCC.Cc1ccc(N)cc1.NC(N)=O. The van der Waals surface area contributed by atoms with Crippen molar-refractivity contribution in [1.82, 2.24) is 0 Å². The number of aryl methyl sites for hydroxylation is 1. The Morgan fingerprint density at radius 2 is 1.60 bits per heavy atom. The number of rotatable bonds is 2. The molecule has 0 aliphatic carbocycles. The summed E-state index contributed by atoms with van der Waals surface area (Å²) in [4.78, 5) is 19.4. The standard InChI is InChI=1S/C7H9N.C6H10O2.CH4N2O/c1-6-2-4-7(8)5-3-6;1-4-8-6(7)5(2)3;2-1(3)4/h2-5H,8H2,1H3;2,4H2,1,3H3;(H4,2,3,4). The molecule has 0 radical (unpaired) electrons. The van der Waals surface area contributed by atoms with Gasteiger partial charge in [-0.2, -0.15) is 0 Å². The molecule has 1 rings (SSSR count). The van der Waals surface area contributed by atoms with Crippen LogP contribution in [-0.2, 0) is 9.53 Å². The molecular weight excluding hydrogens is 258 g/mol. The summed E-state index contributed by atoms with van der Waals surface area (Å²) in [5.74, 6) is -0.312. The zero-order valence-corrected chi connectivity index (χ0v) is 12.2. The molecule has 0 aliphatic heterocycles. The van der Waals surface area contributed by atoms with E-state index in [2.05, 4.69) is 22.8 Å². The first-order valence-electron chi connectivity index (χ1n) is 5.90. The van der Waals surface area contributed by atoms with E-state index >= 15 is 0 Å². The molecule has 0 aliphatic rings. The van der Waals surface area contributed by atoms with E-state index in [9.17, 15) is 4.79 Å². The number of esters is 1. The van der Waals surface area contributed by atoms with Crippen molar-refractivity contribution in [3.05, 3.63) is 42.0 Å². The number of benzene rings is 1. The summed E-state index contributed by atoms with van der Waals surface area (Å²) in [5.41, 5.74) is 16.5. The molecular formula is C14H23N3O3. The Bertz CT molecular complexity index is 403. The van der Waals surface area contributed by atoms with Crippen molar-refractivity contribution in [1.29, 1.82) is 0 Å². The first kappa shape index (κ1) is 19.8. The molecule has 0 saturated heterocycles. The summed E-state index contributed by atoms with van der Waals surface area (Å²) in [6.45, 7) is 9.25. The Hall–Kier alpha value is -2.50. The number of carbonyl (C=O) groups is 2. The lowest BCUT2D eigenvalue weighted by Gasteiger charge is -1.96. The second kappa shape index (κ2) is 11.6. The van der Waals surface area contributed by atoms with E-state index in [1.54, 1.807) is 13.8 Å². The zero-order valence-electron chi connectivity index (χ0n) is 12.2. The number of ether oxygens (including phenoxy) is 1. The van der Waals surface area contributed by atoms with Gasteiger partial charge in [0.15, 0.2) is 0 Å². The molecule has 2 amide bonds. The Balaban J connectivity index is 0. The van der Waals surface area contributed by atoms with Gasteiger partial charge in [0.25, 0.3) is 0 Å². The second-order valence-electron chi connectivity index (χ2n) is 3.81. The van der Waals surface area contributed by atoms with Crippen molar-refractivity contribution in [2.75, 3.05) is 12.3 Å². The van der Waals surface area contributed by atoms with Gasteiger partial charge in [0.05, 0.1) is 6.61 Å². The van der Waals surface area contributed by atoms with E-state index in [-0.39, 0.29) is 5.97 Å². The lowest BCUT2D eigenvalue weighted by Crippen LogP contribution is -2.18. The van der Waals surface area contributed by atoms with Crippen LogP contribution >= 0.6 is 0 Å². The van der Waals surface area contributed by atoms with Crippen LogP contribution in [0.1, 0.15) is 19.4 Å². The van der Waals surface area contributed by atoms with Crippen LogP contribution in [0.2, 0.25) is 0 Å². The lowest BCUT2D eigenvalue weighted by molar-refractivity contribution is -0.138. The number of anilines is 1. The molecule has 0 heterocycles. The van der Waals surface area contributed by atoms with E-state index in [0.717, 1.165) is 5.69 Å². The number of primary amides is 2. The van der Waals surface area contributed by atoms with Gasteiger partial charge >= 0.3 is 12.0 Å². The van der Waals surface area contributed by atoms with Crippen molar-refractivity contribution in [3.63, 3.8) is 0 Å². The summed E-state index contributed by atoms with van der Waals surface area (Å²) in [5, 5.41) is 0. The summed E-state index contributed by atoms with van der Waals surface area (Å²) < 4.78 is 4.56. The zero-order chi connectivity index (χ0) is 16.1. The van der Waals surface area contributed by atoms with Gasteiger partial charge in [-0.1, -0.05) is 24.3 Å². The van der Waals surface area contributed by atoms with Gasteiger partial charge in [0.2, 0.25) is 0 Å². The highest BCUT2D eigenvalue weighted by molar-refractivity contribution is 5.86. The first-order valence-corrected chi connectivity index (χ1v) is 5.90. The Labute approximate surface area is 119 Å². The average molecular weight is 281 g/mol. The first-order chi connectivity index (χ1) is 9.20. The minimum atomic E-state index is -0.833. The van der Waals surface area contributed by atoms with Crippen molar-refractivity contribution in [2.45, 2.75) is 20.8 Å². The third-order valence-corrected chi connectivity index (χ3v) is 1.70. The molecule has 0 bridgehead atoms. The molecule has 112 valence electrons. The van der Waals surface area contributed by atoms with Gasteiger partial charge in [0, 0.05) is 11.3 Å². The van der Waals surface area contributed by atoms with Crippen LogP contribution < -0.4 is 17.2 Å². The number of carbonyl (C=O) groups excluding carboxylic acids is 2. The number of amides is 2. The van der Waals surface area contributed by atoms with Gasteiger partial charge in [-0.3, -0.25) is 0 Å². The minimum absolute atomic E-state index is 0.312. The molecule has 6 heteroatoms. The highest BCUT2D eigenvalue weighted by Crippen LogP contribution is 2.02. The average Bonchev–Trinajstić information content (AvgIpc) is 2.33. The predicted octanol–water partition coefficient (Wildman–Crippen LogP) is 1.73. The number of hydrogen-bond acceptors (Lipinski definition) is 4. The fraction of sp³-hybridized carbons (Fsp3) is 0.286. The quantitative estimate of drug-likeness (QED) is 0.434. The molecule has 20 heavy (non-hydrogen) atoms. The van der Waals surface area contributed by atoms with E-state index in [1.165, 1.54) is 5.56 Å². The minimum Gasteiger partial charge on any atom is -0.463 e. The Kier molecular flexibility index (Phi) is 11.5. The molecule has 0 unspecified atom stereocenters. The lowest BCUT2D eigenvalue weighted by atomic mass is 10.2. The van der Waals surface area contributed by atoms with Crippen LogP contribution in [0.4, 0.5) is 10.5 Å². The van der Waals surface area contributed by atoms with Gasteiger partial charge in [-0.15, -0.1) is 0 Å². The molecule has 0 spiro atoms. The third-order valence-electron chi connectivity index (χ3n) is 1.70. The van der Waals surface area contributed by atoms with Crippen LogP contribution in [0.3, 0.4) is 0 Å². The number of nitrogen functional groups attached to an aromatic ring is 1. The second-order valence-corrected chi connectivity index (χ2v) is 3.81. The van der Waals surface area contributed by atoms with E-state index in [0.29, 0.717) is 12.2 Å². The highest BCUT2D eigenvalue weighted by Gasteiger charge is 1.98. The van der Waals surface area contributed by atoms with Crippen molar-refractivity contribution >= 4 is 17.7 Å². The van der Waals surface area contributed by atoms with Crippen LogP contribution in [-0.4, -0.2) is 18.6 Å². The Morgan fingerprint density at radius 3 is 1.80 bits per heavy atom. The highest BCUT2D eigenvalue weighted by atomic mass is 16.5. The molecule has 0 fully saturated rings. The monoisotopic (exact) mass is 281 g/mol. The topological polar surface area (TPSA) is 121 Å². The third kappa shape index (κ3) is 15.5. The summed E-state index contributed by atoms with van der Waals surface area (Å²) in [6, 6.07) is 6.95. The normalized spacial score (nSPS) is 8.15. The molecule has 1 aromatic rings. The van der Waals surface area contributed by atoms with Crippen LogP contribution in [0.15, 0.2) is 36.4 Å². The van der Waals surface area contributed by atoms with Gasteiger partial charge in [-0.05, 0) is 32.9 Å². The van der Waals surface area contributed by atoms with E-state index in [4.69, 9.17) is 10.5 Å². The summed E-state index contributed by atoms with van der Waals surface area (Å²) in [7, 11) is 0. The molecule has 0 saturated carbocycles. The smallest absolute Gasteiger partial charge is 0.333 e. The van der Waals surface area contributed by atoms with Crippen molar-refractivity contribution in [3.8, 4) is 0 Å². The molecule has 0 aromatic heterocycles. The molecule has 1 aromatic carbocycles. The maximum atomic E-state index is 10.4. The van der Waals surface area contributed by atoms with Crippen LogP contribution in [0, 0.1) is 6.92 Å². The van der Waals surface area contributed by atoms with E-state index in [1.807, 2.05) is 31.2 Å². The maximum Gasteiger partial charge on any atom is 0.333 e. The molecule has 6 N–H and O–H groups in total. The van der Waals surface area contributed by atoms with Gasteiger partial charge in [0.1, 0.15) is 0 Å².